The largest absolute Gasteiger partial charge is 0.507 e. The molecule has 2 heterocycles. The molecular formula is C27H28N2O3. The fourth-order valence-corrected chi connectivity index (χ4v) is 5.35. The Hall–Kier alpha value is -3.34. The molecule has 1 aliphatic heterocycles. The van der Waals surface area contributed by atoms with Gasteiger partial charge in [0.2, 0.25) is 0 Å². The van der Waals surface area contributed by atoms with E-state index in [1.165, 1.54) is 0 Å². The Balaban J connectivity index is 1.76. The Morgan fingerprint density at radius 3 is 2.44 bits per heavy atom. The molecule has 1 amide bonds. The van der Waals surface area contributed by atoms with E-state index in [0.717, 1.165) is 53.3 Å². The van der Waals surface area contributed by atoms with Crippen molar-refractivity contribution in [3.05, 3.63) is 76.5 Å². The number of nitrogens with zero attached hydrogens (tertiary/aromatic N) is 2. The van der Waals surface area contributed by atoms with Crippen LogP contribution in [0.15, 0.2) is 54.2 Å². The van der Waals surface area contributed by atoms with Crippen LogP contribution in [-0.2, 0) is 16.6 Å². The van der Waals surface area contributed by atoms with Crippen LogP contribution in [0.4, 0.5) is 0 Å². The number of fused-ring (bicyclic) bond motifs is 1. The molecule has 0 bridgehead atoms. The van der Waals surface area contributed by atoms with Gasteiger partial charge in [0.1, 0.15) is 5.76 Å². The number of aryl methyl sites for hydroxylation is 3. The average molecular weight is 429 g/mol. The second-order valence-corrected chi connectivity index (χ2v) is 9.16. The van der Waals surface area contributed by atoms with Gasteiger partial charge in [0, 0.05) is 41.3 Å². The number of para-hydroxylation sites is 1. The molecule has 1 aromatic heterocycles. The van der Waals surface area contributed by atoms with Crippen LogP contribution in [0.5, 0.6) is 0 Å². The topological polar surface area (TPSA) is 62.5 Å². The maximum Gasteiger partial charge on any atom is 0.295 e. The fourth-order valence-electron chi connectivity index (χ4n) is 5.35. The number of carbonyl (C=O) groups is 2. The first kappa shape index (κ1) is 20.6. The standard InChI is InChI=1S/C27H28N2O3/c1-16-12-13-18(14-17(16)2)25(30)23-24(21-15-28(3)22-11-7-6-10-20(21)22)29(27(32)26(23)31)19-8-4-5-9-19/h6-7,10-15,19,24,30H,4-5,8-9H2,1-3H3/b25-23+. The van der Waals surface area contributed by atoms with Crippen LogP contribution in [-0.4, -0.2) is 32.3 Å². The molecule has 0 radical (unpaired) electrons. The number of Topliss-reactive ketones (excluding diaryl/α,β-unsaturated/α-hetero) is 1. The van der Waals surface area contributed by atoms with Crippen LogP contribution in [0.25, 0.3) is 16.7 Å². The van der Waals surface area contributed by atoms with E-state index in [-0.39, 0.29) is 17.4 Å². The van der Waals surface area contributed by atoms with E-state index in [1.54, 1.807) is 4.90 Å². The predicted molar refractivity (Wildman–Crippen MR) is 125 cm³/mol. The third-order valence-corrected chi connectivity index (χ3v) is 7.20. The van der Waals surface area contributed by atoms with Crippen molar-refractivity contribution >= 4 is 28.4 Å². The number of carbonyl (C=O) groups excluding carboxylic acids is 2. The molecule has 2 aliphatic rings. The summed E-state index contributed by atoms with van der Waals surface area (Å²) in [7, 11) is 1.97. The first-order valence-corrected chi connectivity index (χ1v) is 11.3. The summed E-state index contributed by atoms with van der Waals surface area (Å²) in [6.07, 6.45) is 5.87. The van der Waals surface area contributed by atoms with Crippen molar-refractivity contribution in [2.45, 2.75) is 51.6 Å². The summed E-state index contributed by atoms with van der Waals surface area (Å²) in [5.41, 5.74) is 4.83. The van der Waals surface area contributed by atoms with Gasteiger partial charge >= 0.3 is 0 Å². The SMILES string of the molecule is Cc1ccc(/C(O)=C2\C(=O)C(=O)N(C3CCCC3)C2c2cn(C)c3ccccc23)cc1C. The van der Waals surface area contributed by atoms with E-state index < -0.39 is 17.7 Å². The van der Waals surface area contributed by atoms with Crippen LogP contribution in [0.3, 0.4) is 0 Å². The molecule has 1 N–H and O–H groups in total. The molecule has 1 saturated carbocycles. The van der Waals surface area contributed by atoms with E-state index >= 15 is 0 Å². The summed E-state index contributed by atoms with van der Waals surface area (Å²) in [6.45, 7) is 3.99. The molecule has 5 rings (SSSR count). The van der Waals surface area contributed by atoms with Crippen LogP contribution < -0.4 is 0 Å². The number of aliphatic hydroxyl groups is 1. The second-order valence-electron chi connectivity index (χ2n) is 9.16. The number of ketones is 1. The minimum atomic E-state index is -0.592. The summed E-state index contributed by atoms with van der Waals surface area (Å²) in [5.74, 6) is -1.18. The zero-order chi connectivity index (χ0) is 22.6. The van der Waals surface area contributed by atoms with Gasteiger partial charge in [0.15, 0.2) is 0 Å². The highest BCUT2D eigenvalue weighted by molar-refractivity contribution is 6.46. The predicted octanol–water partition coefficient (Wildman–Crippen LogP) is 5.16. The Morgan fingerprint density at radius 1 is 1.00 bits per heavy atom. The number of hydrogen-bond donors (Lipinski definition) is 1. The smallest absolute Gasteiger partial charge is 0.295 e. The Labute approximate surface area is 188 Å². The highest BCUT2D eigenvalue weighted by atomic mass is 16.3. The number of amides is 1. The van der Waals surface area contributed by atoms with E-state index in [1.807, 2.05) is 74.1 Å². The lowest BCUT2D eigenvalue weighted by Gasteiger charge is -2.30. The van der Waals surface area contributed by atoms with Gasteiger partial charge in [-0.25, -0.2) is 0 Å². The number of aliphatic hydroxyl groups excluding tert-OH is 1. The van der Waals surface area contributed by atoms with Gasteiger partial charge in [0.25, 0.3) is 11.7 Å². The Morgan fingerprint density at radius 2 is 1.72 bits per heavy atom. The number of benzene rings is 2. The lowest BCUT2D eigenvalue weighted by atomic mass is 9.93. The summed E-state index contributed by atoms with van der Waals surface area (Å²) in [5, 5.41) is 12.4. The van der Waals surface area contributed by atoms with Crippen molar-refractivity contribution in [1.29, 1.82) is 0 Å². The van der Waals surface area contributed by atoms with Crippen molar-refractivity contribution in [3.8, 4) is 0 Å². The summed E-state index contributed by atoms with van der Waals surface area (Å²) < 4.78 is 2.02. The Kier molecular flexibility index (Phi) is 4.92. The number of likely N-dealkylation sites (tertiary alicyclic amines) is 1. The molecule has 0 spiro atoms. The Bertz CT molecular complexity index is 1280. The zero-order valence-electron chi connectivity index (χ0n) is 18.8. The number of aromatic nitrogens is 1. The summed E-state index contributed by atoms with van der Waals surface area (Å²) >= 11 is 0. The lowest BCUT2D eigenvalue weighted by Crippen LogP contribution is -2.37. The molecule has 164 valence electrons. The van der Waals surface area contributed by atoms with Gasteiger partial charge in [-0.15, -0.1) is 0 Å². The van der Waals surface area contributed by atoms with Crippen LogP contribution >= 0.6 is 0 Å². The van der Waals surface area contributed by atoms with Crippen LogP contribution in [0, 0.1) is 13.8 Å². The van der Waals surface area contributed by atoms with Crippen molar-refractivity contribution in [2.24, 2.45) is 7.05 Å². The maximum absolute atomic E-state index is 13.3. The van der Waals surface area contributed by atoms with Gasteiger partial charge in [-0.05, 0) is 49.9 Å². The highest BCUT2D eigenvalue weighted by Crippen LogP contribution is 2.45. The van der Waals surface area contributed by atoms with Gasteiger partial charge in [-0.3, -0.25) is 9.59 Å². The highest BCUT2D eigenvalue weighted by Gasteiger charge is 2.50. The fraction of sp³-hybridized carbons (Fsp3) is 0.333. The number of rotatable bonds is 3. The van der Waals surface area contributed by atoms with E-state index in [2.05, 4.69) is 0 Å². The van der Waals surface area contributed by atoms with Gasteiger partial charge < -0.3 is 14.6 Å². The molecule has 5 nitrogen and oxygen atoms in total. The van der Waals surface area contributed by atoms with Gasteiger partial charge in [-0.2, -0.15) is 0 Å². The molecule has 1 unspecified atom stereocenters. The van der Waals surface area contributed by atoms with Gasteiger partial charge in [-0.1, -0.05) is 43.2 Å². The van der Waals surface area contributed by atoms with Crippen LogP contribution in [0.1, 0.15) is 54.0 Å². The molecule has 2 fully saturated rings. The molecule has 3 aromatic rings. The van der Waals surface area contributed by atoms with E-state index in [9.17, 15) is 14.7 Å². The van der Waals surface area contributed by atoms with Crippen molar-refractivity contribution < 1.29 is 14.7 Å². The quantitative estimate of drug-likeness (QED) is 0.356. The van der Waals surface area contributed by atoms with Crippen molar-refractivity contribution in [3.63, 3.8) is 0 Å². The number of hydrogen-bond acceptors (Lipinski definition) is 3. The molecule has 1 atom stereocenters. The van der Waals surface area contributed by atoms with E-state index in [0.29, 0.717) is 5.56 Å². The van der Waals surface area contributed by atoms with Crippen molar-refractivity contribution in [2.75, 3.05) is 0 Å². The summed E-state index contributed by atoms with van der Waals surface area (Å²) in [4.78, 5) is 28.4. The molecular weight excluding hydrogens is 400 g/mol. The third kappa shape index (κ3) is 3.07. The second kappa shape index (κ2) is 7.66. The summed E-state index contributed by atoms with van der Waals surface area (Å²) in [6, 6.07) is 13.1. The minimum Gasteiger partial charge on any atom is -0.507 e. The maximum atomic E-state index is 13.3. The first-order valence-electron chi connectivity index (χ1n) is 11.3. The monoisotopic (exact) mass is 428 g/mol. The van der Waals surface area contributed by atoms with Gasteiger partial charge in [0.05, 0.1) is 11.6 Å². The molecule has 32 heavy (non-hydrogen) atoms. The normalized spacial score (nSPS) is 21.2. The average Bonchev–Trinajstić information content (AvgIpc) is 3.48. The third-order valence-electron chi connectivity index (χ3n) is 7.20. The van der Waals surface area contributed by atoms with Crippen LogP contribution in [0.2, 0.25) is 0 Å². The first-order chi connectivity index (χ1) is 15.4. The zero-order valence-corrected chi connectivity index (χ0v) is 18.8. The molecule has 1 aliphatic carbocycles. The molecule has 1 saturated heterocycles. The van der Waals surface area contributed by atoms with Crippen molar-refractivity contribution in [1.82, 2.24) is 9.47 Å². The molecule has 2 aromatic carbocycles. The van der Waals surface area contributed by atoms with E-state index in [4.69, 9.17) is 0 Å². The molecule has 5 heteroatoms. The minimum absolute atomic E-state index is 0.0143. The lowest BCUT2D eigenvalue weighted by molar-refractivity contribution is -0.141.